The van der Waals surface area contributed by atoms with E-state index >= 15 is 0 Å². The highest BCUT2D eigenvalue weighted by Crippen LogP contribution is 2.22. The van der Waals surface area contributed by atoms with E-state index < -0.39 is 0 Å². The first-order chi connectivity index (χ1) is 10.8. The van der Waals surface area contributed by atoms with Crippen LogP contribution in [-0.2, 0) is 6.42 Å². The second kappa shape index (κ2) is 7.22. The van der Waals surface area contributed by atoms with Crippen LogP contribution in [0.25, 0.3) is 0 Å². The number of piperidine rings is 1. The highest BCUT2D eigenvalue weighted by Gasteiger charge is 2.14. The van der Waals surface area contributed by atoms with Crippen LogP contribution < -0.4 is 14.8 Å². The SMILES string of the molecule is COc1ccc(Oc2cnc(CC3CCCCN3)nc2)cc1. The number of hydrogen-bond donors (Lipinski definition) is 1. The zero-order chi connectivity index (χ0) is 15.2. The molecule has 1 aromatic heterocycles. The zero-order valence-electron chi connectivity index (χ0n) is 12.8. The molecule has 2 aromatic rings. The van der Waals surface area contributed by atoms with Crippen molar-refractivity contribution >= 4 is 0 Å². The molecule has 116 valence electrons. The molecule has 1 atom stereocenters. The van der Waals surface area contributed by atoms with E-state index in [4.69, 9.17) is 9.47 Å². The van der Waals surface area contributed by atoms with Gasteiger partial charge in [-0.3, -0.25) is 0 Å². The summed E-state index contributed by atoms with van der Waals surface area (Å²) in [7, 11) is 1.64. The monoisotopic (exact) mass is 299 g/mol. The predicted octanol–water partition coefficient (Wildman–Crippen LogP) is 2.96. The van der Waals surface area contributed by atoms with Gasteiger partial charge in [0.15, 0.2) is 5.75 Å². The maximum atomic E-state index is 5.73. The summed E-state index contributed by atoms with van der Waals surface area (Å²) in [6.07, 6.45) is 8.10. The first-order valence-corrected chi connectivity index (χ1v) is 7.70. The molecule has 5 heteroatoms. The molecule has 0 amide bonds. The highest BCUT2D eigenvalue weighted by atomic mass is 16.5. The number of hydrogen-bond acceptors (Lipinski definition) is 5. The fourth-order valence-corrected chi connectivity index (χ4v) is 2.60. The van der Waals surface area contributed by atoms with Crippen LogP contribution in [0, 0.1) is 0 Å². The van der Waals surface area contributed by atoms with Crippen molar-refractivity contribution in [3.05, 3.63) is 42.5 Å². The van der Waals surface area contributed by atoms with Crippen LogP contribution in [-0.4, -0.2) is 29.7 Å². The molecule has 0 bridgehead atoms. The molecule has 1 unspecified atom stereocenters. The van der Waals surface area contributed by atoms with Crippen LogP contribution in [0.5, 0.6) is 17.2 Å². The van der Waals surface area contributed by atoms with Crippen molar-refractivity contribution in [1.82, 2.24) is 15.3 Å². The molecule has 0 spiro atoms. The smallest absolute Gasteiger partial charge is 0.164 e. The molecule has 0 radical (unpaired) electrons. The maximum Gasteiger partial charge on any atom is 0.164 e. The van der Waals surface area contributed by atoms with Crippen molar-refractivity contribution in [1.29, 1.82) is 0 Å². The third-order valence-electron chi connectivity index (χ3n) is 3.82. The van der Waals surface area contributed by atoms with E-state index in [0.29, 0.717) is 11.8 Å². The van der Waals surface area contributed by atoms with E-state index in [0.717, 1.165) is 30.3 Å². The zero-order valence-corrected chi connectivity index (χ0v) is 12.8. The Kier molecular flexibility index (Phi) is 4.85. The lowest BCUT2D eigenvalue weighted by Gasteiger charge is -2.22. The minimum atomic E-state index is 0.502. The van der Waals surface area contributed by atoms with Gasteiger partial charge in [-0.2, -0.15) is 0 Å². The highest BCUT2D eigenvalue weighted by molar-refractivity contribution is 5.34. The molecule has 22 heavy (non-hydrogen) atoms. The first kappa shape index (κ1) is 14.8. The van der Waals surface area contributed by atoms with Gasteiger partial charge in [-0.05, 0) is 43.7 Å². The van der Waals surface area contributed by atoms with E-state index in [1.54, 1.807) is 19.5 Å². The lowest BCUT2D eigenvalue weighted by Crippen LogP contribution is -2.36. The molecule has 1 aliphatic rings. The number of methoxy groups -OCH3 is 1. The van der Waals surface area contributed by atoms with Crippen LogP contribution in [0.15, 0.2) is 36.7 Å². The molecule has 2 heterocycles. The Hall–Kier alpha value is -2.14. The van der Waals surface area contributed by atoms with Gasteiger partial charge in [-0.15, -0.1) is 0 Å². The van der Waals surface area contributed by atoms with Crippen LogP contribution in [0.2, 0.25) is 0 Å². The van der Waals surface area contributed by atoms with Crippen molar-refractivity contribution in [2.24, 2.45) is 0 Å². The van der Waals surface area contributed by atoms with E-state index in [9.17, 15) is 0 Å². The number of aromatic nitrogens is 2. The fraction of sp³-hybridized carbons (Fsp3) is 0.412. The van der Waals surface area contributed by atoms with Gasteiger partial charge in [-0.1, -0.05) is 6.42 Å². The lowest BCUT2D eigenvalue weighted by molar-refractivity contribution is 0.393. The normalized spacial score (nSPS) is 18.0. The predicted molar refractivity (Wildman–Crippen MR) is 84.4 cm³/mol. The number of nitrogens with zero attached hydrogens (tertiary/aromatic N) is 2. The van der Waals surface area contributed by atoms with Crippen molar-refractivity contribution in [3.8, 4) is 17.2 Å². The number of ether oxygens (including phenoxy) is 2. The molecule has 1 aliphatic heterocycles. The Morgan fingerprint density at radius 1 is 1.05 bits per heavy atom. The molecule has 1 N–H and O–H groups in total. The summed E-state index contributed by atoms with van der Waals surface area (Å²) in [5.74, 6) is 3.05. The van der Waals surface area contributed by atoms with Gasteiger partial charge in [0.05, 0.1) is 19.5 Å². The van der Waals surface area contributed by atoms with Gasteiger partial charge in [0, 0.05) is 12.5 Å². The summed E-state index contributed by atoms with van der Waals surface area (Å²) in [6, 6.07) is 7.94. The fourth-order valence-electron chi connectivity index (χ4n) is 2.60. The quantitative estimate of drug-likeness (QED) is 0.920. The van der Waals surface area contributed by atoms with Crippen LogP contribution in [0.4, 0.5) is 0 Å². The van der Waals surface area contributed by atoms with Crippen LogP contribution in [0.3, 0.4) is 0 Å². The second-order valence-corrected chi connectivity index (χ2v) is 5.46. The lowest BCUT2D eigenvalue weighted by atomic mass is 10.0. The van der Waals surface area contributed by atoms with E-state index in [1.807, 2.05) is 24.3 Å². The minimum Gasteiger partial charge on any atom is -0.497 e. The Bertz CT molecular complexity index is 578. The van der Waals surface area contributed by atoms with Gasteiger partial charge < -0.3 is 14.8 Å². The third-order valence-corrected chi connectivity index (χ3v) is 3.82. The molecular weight excluding hydrogens is 278 g/mol. The molecule has 0 aliphatic carbocycles. The standard InChI is InChI=1S/C17H21N3O2/c1-21-14-5-7-15(8-6-14)22-16-11-19-17(20-12-16)10-13-4-2-3-9-18-13/h5-8,11-13,18H,2-4,9-10H2,1H3. The van der Waals surface area contributed by atoms with Crippen LogP contribution in [0.1, 0.15) is 25.1 Å². The van der Waals surface area contributed by atoms with Gasteiger partial charge in [0.25, 0.3) is 0 Å². The minimum absolute atomic E-state index is 0.502. The average molecular weight is 299 g/mol. The summed E-state index contributed by atoms with van der Waals surface area (Å²) in [5.41, 5.74) is 0. The Balaban J connectivity index is 1.58. The van der Waals surface area contributed by atoms with Gasteiger partial charge in [0.1, 0.15) is 17.3 Å². The largest absolute Gasteiger partial charge is 0.497 e. The molecule has 0 saturated carbocycles. The van der Waals surface area contributed by atoms with Crippen molar-refractivity contribution < 1.29 is 9.47 Å². The molecule has 5 nitrogen and oxygen atoms in total. The van der Waals surface area contributed by atoms with Crippen molar-refractivity contribution in [3.63, 3.8) is 0 Å². The van der Waals surface area contributed by atoms with Crippen LogP contribution >= 0.6 is 0 Å². The maximum absolute atomic E-state index is 5.73. The molecule has 1 aromatic carbocycles. The molecule has 3 rings (SSSR count). The van der Waals surface area contributed by atoms with E-state index in [2.05, 4.69) is 15.3 Å². The summed E-state index contributed by atoms with van der Waals surface area (Å²) >= 11 is 0. The Labute approximate surface area is 130 Å². The van der Waals surface area contributed by atoms with E-state index in [-0.39, 0.29) is 0 Å². The van der Waals surface area contributed by atoms with Gasteiger partial charge >= 0.3 is 0 Å². The number of rotatable bonds is 5. The topological polar surface area (TPSA) is 56.3 Å². The number of benzene rings is 1. The first-order valence-electron chi connectivity index (χ1n) is 7.70. The molecule has 1 fully saturated rings. The van der Waals surface area contributed by atoms with E-state index in [1.165, 1.54) is 19.3 Å². The summed E-state index contributed by atoms with van der Waals surface area (Å²) in [4.78, 5) is 8.80. The second-order valence-electron chi connectivity index (χ2n) is 5.46. The summed E-state index contributed by atoms with van der Waals surface area (Å²) in [5, 5.41) is 3.51. The Morgan fingerprint density at radius 3 is 2.41 bits per heavy atom. The Morgan fingerprint density at radius 2 is 1.77 bits per heavy atom. The summed E-state index contributed by atoms with van der Waals surface area (Å²) in [6.45, 7) is 1.10. The van der Waals surface area contributed by atoms with Crippen molar-refractivity contribution in [2.75, 3.05) is 13.7 Å². The summed E-state index contributed by atoms with van der Waals surface area (Å²) < 4.78 is 10.8. The third kappa shape index (κ3) is 3.95. The number of nitrogens with one attached hydrogen (secondary N) is 1. The molecular formula is C17H21N3O2. The average Bonchev–Trinajstić information content (AvgIpc) is 2.58. The van der Waals surface area contributed by atoms with Gasteiger partial charge in [-0.25, -0.2) is 9.97 Å². The van der Waals surface area contributed by atoms with Crippen molar-refractivity contribution in [2.45, 2.75) is 31.7 Å². The van der Waals surface area contributed by atoms with Gasteiger partial charge in [0.2, 0.25) is 0 Å². The molecule has 1 saturated heterocycles.